The molecule has 0 aliphatic rings. The van der Waals surface area contributed by atoms with Crippen LogP contribution in [0.4, 0.5) is 0 Å². The summed E-state index contributed by atoms with van der Waals surface area (Å²) >= 11 is 0. The van der Waals surface area contributed by atoms with E-state index in [-0.39, 0.29) is 12.2 Å². The molecule has 0 fully saturated rings. The highest BCUT2D eigenvalue weighted by Gasteiger charge is 2.11. The lowest BCUT2D eigenvalue weighted by atomic mass is 10.1. The minimum Gasteiger partial charge on any atom is -0.481 e. The normalized spacial score (nSPS) is 11.6. The number of aromatic amines is 1. The van der Waals surface area contributed by atoms with Crippen molar-refractivity contribution in [2.75, 3.05) is 12.3 Å². The van der Waals surface area contributed by atoms with E-state index in [1.165, 1.54) is 0 Å². The Bertz CT molecular complexity index is 495. The second-order valence-corrected chi connectivity index (χ2v) is 5.91. The van der Waals surface area contributed by atoms with Crippen molar-refractivity contribution in [1.29, 1.82) is 0 Å². The van der Waals surface area contributed by atoms with Crippen LogP contribution in [-0.4, -0.2) is 42.0 Å². The molecule has 0 bridgehead atoms. The van der Waals surface area contributed by atoms with E-state index in [1.807, 2.05) is 6.92 Å². The van der Waals surface area contributed by atoms with Gasteiger partial charge in [-0.05, 0) is 25.3 Å². The number of nitrogens with one attached hydrogen (secondary N) is 2. The molecule has 0 radical (unpaired) electrons. The lowest BCUT2D eigenvalue weighted by Gasteiger charge is -2.05. The van der Waals surface area contributed by atoms with Crippen LogP contribution in [0.25, 0.3) is 0 Å². The first-order valence-electron chi connectivity index (χ1n) is 5.59. The lowest BCUT2D eigenvalue weighted by molar-refractivity contribution is -0.136. The summed E-state index contributed by atoms with van der Waals surface area (Å²) in [5, 5.41) is 15.1. The van der Waals surface area contributed by atoms with Crippen LogP contribution in [0.5, 0.6) is 0 Å². The van der Waals surface area contributed by atoms with Crippen LogP contribution in [0, 0.1) is 6.92 Å². The smallest absolute Gasteiger partial charge is 0.304 e. The Morgan fingerprint density at radius 2 is 2.28 bits per heavy atom. The van der Waals surface area contributed by atoms with Gasteiger partial charge in [0.1, 0.15) is 0 Å². The minimum atomic E-state index is -3.48. The van der Waals surface area contributed by atoms with Crippen molar-refractivity contribution in [3.8, 4) is 0 Å². The molecule has 0 spiro atoms. The molecule has 0 saturated heterocycles. The second kappa shape index (κ2) is 6.50. The zero-order valence-corrected chi connectivity index (χ0v) is 11.0. The Morgan fingerprint density at radius 1 is 1.56 bits per heavy atom. The molecule has 1 heterocycles. The highest BCUT2D eigenvalue weighted by Crippen LogP contribution is 2.05. The van der Waals surface area contributed by atoms with Gasteiger partial charge in [-0.2, -0.15) is 5.10 Å². The standard InChI is InChI=1S/C10H17N3O4S/c1-8-9(7-11-13-8)3-2-5-12-18(16,17)6-4-10(14)15/h7,12H,2-6H2,1H3,(H,11,13)(H,14,15). The van der Waals surface area contributed by atoms with E-state index in [0.29, 0.717) is 13.0 Å². The predicted molar refractivity (Wildman–Crippen MR) is 65.7 cm³/mol. The summed E-state index contributed by atoms with van der Waals surface area (Å²) in [5.41, 5.74) is 2.03. The summed E-state index contributed by atoms with van der Waals surface area (Å²) in [4.78, 5) is 10.3. The van der Waals surface area contributed by atoms with E-state index in [1.54, 1.807) is 6.20 Å². The van der Waals surface area contributed by atoms with Crippen molar-refractivity contribution < 1.29 is 18.3 Å². The van der Waals surface area contributed by atoms with Gasteiger partial charge in [-0.3, -0.25) is 9.89 Å². The maximum atomic E-state index is 11.4. The molecule has 0 aromatic carbocycles. The van der Waals surface area contributed by atoms with Gasteiger partial charge < -0.3 is 5.11 Å². The fourth-order valence-corrected chi connectivity index (χ4v) is 2.47. The third kappa shape index (κ3) is 5.28. The predicted octanol–water partition coefficient (Wildman–Crippen LogP) is 0.0448. The van der Waals surface area contributed by atoms with E-state index in [0.717, 1.165) is 17.7 Å². The molecular weight excluding hydrogens is 258 g/mol. The molecular formula is C10H17N3O4S. The van der Waals surface area contributed by atoms with Crippen LogP contribution in [0.1, 0.15) is 24.1 Å². The Kier molecular flexibility index (Phi) is 5.29. The molecule has 1 rings (SSSR count). The van der Waals surface area contributed by atoms with Crippen LogP contribution < -0.4 is 4.72 Å². The van der Waals surface area contributed by atoms with Gasteiger partial charge in [-0.15, -0.1) is 0 Å². The van der Waals surface area contributed by atoms with Crippen LogP contribution in [0.15, 0.2) is 6.20 Å². The van der Waals surface area contributed by atoms with Gasteiger partial charge >= 0.3 is 5.97 Å². The van der Waals surface area contributed by atoms with Gasteiger partial charge in [0, 0.05) is 12.2 Å². The van der Waals surface area contributed by atoms with Crippen molar-refractivity contribution in [3.05, 3.63) is 17.5 Å². The fourth-order valence-electron chi connectivity index (χ4n) is 1.43. The number of rotatable bonds is 8. The molecule has 18 heavy (non-hydrogen) atoms. The van der Waals surface area contributed by atoms with Crippen LogP contribution in [0.3, 0.4) is 0 Å². The van der Waals surface area contributed by atoms with E-state index in [4.69, 9.17) is 5.11 Å². The van der Waals surface area contributed by atoms with E-state index < -0.39 is 16.0 Å². The quantitative estimate of drug-likeness (QED) is 0.580. The van der Waals surface area contributed by atoms with Gasteiger partial charge in [-0.25, -0.2) is 13.1 Å². The average Bonchev–Trinajstić information content (AvgIpc) is 2.68. The van der Waals surface area contributed by atoms with Crippen molar-refractivity contribution in [2.24, 2.45) is 0 Å². The number of nitrogens with zero attached hydrogens (tertiary/aromatic N) is 1. The molecule has 0 aliphatic heterocycles. The van der Waals surface area contributed by atoms with E-state index in [9.17, 15) is 13.2 Å². The Balaban J connectivity index is 2.25. The van der Waals surface area contributed by atoms with Crippen molar-refractivity contribution in [1.82, 2.24) is 14.9 Å². The number of hydrogen-bond acceptors (Lipinski definition) is 4. The molecule has 3 N–H and O–H groups in total. The number of H-pyrrole nitrogens is 1. The van der Waals surface area contributed by atoms with E-state index >= 15 is 0 Å². The van der Waals surface area contributed by atoms with Gasteiger partial charge in [0.15, 0.2) is 0 Å². The van der Waals surface area contributed by atoms with Crippen LogP contribution in [-0.2, 0) is 21.2 Å². The number of sulfonamides is 1. The maximum absolute atomic E-state index is 11.4. The molecule has 0 aliphatic carbocycles. The third-order valence-corrected chi connectivity index (χ3v) is 3.85. The first kappa shape index (κ1) is 14.7. The van der Waals surface area contributed by atoms with E-state index in [2.05, 4.69) is 14.9 Å². The number of carboxylic acids is 1. The summed E-state index contributed by atoms with van der Waals surface area (Å²) in [7, 11) is -3.48. The number of aliphatic carboxylic acids is 1. The molecule has 0 unspecified atom stereocenters. The van der Waals surface area contributed by atoms with Crippen molar-refractivity contribution in [2.45, 2.75) is 26.2 Å². The maximum Gasteiger partial charge on any atom is 0.304 e. The molecule has 102 valence electrons. The number of carbonyl (C=O) groups is 1. The molecule has 0 saturated carbocycles. The van der Waals surface area contributed by atoms with Crippen LogP contribution in [0.2, 0.25) is 0 Å². The summed E-state index contributed by atoms with van der Waals surface area (Å²) < 4.78 is 25.1. The largest absolute Gasteiger partial charge is 0.481 e. The summed E-state index contributed by atoms with van der Waals surface area (Å²) in [6.45, 7) is 2.20. The zero-order chi connectivity index (χ0) is 13.6. The van der Waals surface area contributed by atoms with Gasteiger partial charge in [0.2, 0.25) is 10.0 Å². The number of aryl methyl sites for hydroxylation is 2. The lowest BCUT2D eigenvalue weighted by Crippen LogP contribution is -2.28. The molecule has 0 amide bonds. The van der Waals surface area contributed by atoms with Gasteiger partial charge in [0.05, 0.1) is 18.4 Å². The third-order valence-electron chi connectivity index (χ3n) is 2.46. The number of hydrogen-bond donors (Lipinski definition) is 3. The minimum absolute atomic E-state index is 0.298. The first-order valence-corrected chi connectivity index (χ1v) is 7.24. The topological polar surface area (TPSA) is 112 Å². The second-order valence-electron chi connectivity index (χ2n) is 3.98. The molecule has 1 aromatic heterocycles. The zero-order valence-electron chi connectivity index (χ0n) is 10.1. The molecule has 8 heteroatoms. The fraction of sp³-hybridized carbons (Fsp3) is 0.600. The number of carboxylic acid groups (broad SMARTS) is 1. The highest BCUT2D eigenvalue weighted by atomic mass is 32.2. The van der Waals surface area contributed by atoms with Crippen molar-refractivity contribution >= 4 is 16.0 Å². The Hall–Kier alpha value is -1.41. The Labute approximate surface area is 106 Å². The Morgan fingerprint density at radius 3 is 2.83 bits per heavy atom. The summed E-state index contributed by atoms with van der Waals surface area (Å²) in [5.74, 6) is -1.50. The highest BCUT2D eigenvalue weighted by molar-refractivity contribution is 7.89. The summed E-state index contributed by atoms with van der Waals surface area (Å²) in [6.07, 6.45) is 2.71. The first-order chi connectivity index (χ1) is 8.41. The molecule has 1 aromatic rings. The monoisotopic (exact) mass is 275 g/mol. The van der Waals surface area contributed by atoms with Crippen molar-refractivity contribution in [3.63, 3.8) is 0 Å². The molecule has 7 nitrogen and oxygen atoms in total. The molecule has 0 atom stereocenters. The number of aromatic nitrogens is 2. The average molecular weight is 275 g/mol. The SMILES string of the molecule is Cc1[nH]ncc1CCCNS(=O)(=O)CCC(=O)O. The summed E-state index contributed by atoms with van der Waals surface area (Å²) in [6, 6.07) is 0. The van der Waals surface area contributed by atoms with Gasteiger partial charge in [-0.1, -0.05) is 0 Å². The van der Waals surface area contributed by atoms with Gasteiger partial charge in [0.25, 0.3) is 0 Å². The van der Waals surface area contributed by atoms with Crippen LogP contribution >= 0.6 is 0 Å².